The average Bonchev–Trinajstić information content (AvgIpc) is 3.22. The largest absolute Gasteiger partial charge is 0.493 e. The molecule has 0 spiro atoms. The quantitative estimate of drug-likeness (QED) is 0.278. The molecule has 1 aromatic heterocycles. The first-order chi connectivity index (χ1) is 20.1. The fraction of sp³-hybridized carbons (Fsp3) is 0.576. The number of unbranched alkanes of at least 4 members (excludes halogenated alkanes) is 3. The second-order valence-corrected chi connectivity index (χ2v) is 11.6. The maximum absolute atomic E-state index is 6.22. The third-order valence-corrected chi connectivity index (χ3v) is 8.40. The van der Waals surface area contributed by atoms with Gasteiger partial charge < -0.3 is 24.6 Å². The van der Waals surface area contributed by atoms with Crippen LogP contribution in [-0.4, -0.2) is 85.8 Å². The standard InChI is InChI=1S/C33H48N6O2/c1-4-5-6-10-22-41-31-24-29-28(23-30(31)40-3)32(36-33(35-29)39-17-11-16-37(2)20-21-39)34-27-14-18-38(19-15-27)25-26-12-8-7-9-13-26/h7-9,12-13,23-24,27H,4-6,10-11,14-22,25H2,1-3H3,(H,34,35,36). The van der Waals surface area contributed by atoms with Crippen molar-refractivity contribution in [1.82, 2.24) is 19.8 Å². The number of aromatic nitrogens is 2. The van der Waals surface area contributed by atoms with Crippen LogP contribution in [-0.2, 0) is 6.54 Å². The van der Waals surface area contributed by atoms with Gasteiger partial charge in [-0.2, -0.15) is 4.98 Å². The molecule has 0 amide bonds. The Morgan fingerprint density at radius 2 is 1.73 bits per heavy atom. The zero-order chi connectivity index (χ0) is 28.4. The summed E-state index contributed by atoms with van der Waals surface area (Å²) in [5.41, 5.74) is 2.28. The molecule has 41 heavy (non-hydrogen) atoms. The summed E-state index contributed by atoms with van der Waals surface area (Å²) in [4.78, 5) is 17.5. The number of likely N-dealkylation sites (tertiary alicyclic amines) is 1. The molecule has 0 bridgehead atoms. The van der Waals surface area contributed by atoms with Crippen molar-refractivity contribution in [1.29, 1.82) is 0 Å². The third kappa shape index (κ3) is 8.01. The second-order valence-electron chi connectivity index (χ2n) is 11.6. The number of benzene rings is 2. The maximum Gasteiger partial charge on any atom is 0.227 e. The van der Waals surface area contributed by atoms with Crippen LogP contribution in [0.3, 0.4) is 0 Å². The van der Waals surface area contributed by atoms with Crippen LogP contribution in [0.4, 0.5) is 11.8 Å². The molecule has 2 aliphatic heterocycles. The number of methoxy groups -OCH3 is 1. The Labute approximate surface area is 246 Å². The van der Waals surface area contributed by atoms with Gasteiger partial charge in [0.05, 0.1) is 19.2 Å². The van der Waals surface area contributed by atoms with E-state index >= 15 is 0 Å². The van der Waals surface area contributed by atoms with E-state index in [1.165, 1.54) is 24.8 Å². The van der Waals surface area contributed by atoms with Gasteiger partial charge in [-0.3, -0.25) is 4.90 Å². The van der Waals surface area contributed by atoms with E-state index in [2.05, 4.69) is 76.5 Å². The molecule has 1 N–H and O–H groups in total. The first-order valence-electron chi connectivity index (χ1n) is 15.6. The molecule has 0 saturated carbocycles. The Bertz CT molecular complexity index is 1230. The molecule has 0 radical (unpaired) electrons. The molecule has 0 unspecified atom stereocenters. The van der Waals surface area contributed by atoms with Gasteiger partial charge in [0.15, 0.2) is 11.5 Å². The van der Waals surface area contributed by atoms with Gasteiger partial charge in [0.2, 0.25) is 5.95 Å². The molecule has 8 heteroatoms. The molecule has 3 aromatic rings. The fourth-order valence-electron chi connectivity index (χ4n) is 5.88. The Balaban J connectivity index is 1.37. The number of likely N-dealkylation sites (N-methyl/N-ethyl adjacent to an activating group) is 1. The lowest BCUT2D eigenvalue weighted by Crippen LogP contribution is -2.39. The molecule has 2 fully saturated rings. The molecule has 222 valence electrons. The van der Waals surface area contributed by atoms with Gasteiger partial charge in [-0.25, -0.2) is 4.98 Å². The van der Waals surface area contributed by atoms with Crippen molar-refractivity contribution in [2.45, 2.75) is 64.5 Å². The number of hydrogen-bond acceptors (Lipinski definition) is 8. The lowest BCUT2D eigenvalue weighted by atomic mass is 10.0. The van der Waals surface area contributed by atoms with E-state index < -0.39 is 0 Å². The van der Waals surface area contributed by atoms with Gasteiger partial charge in [0, 0.05) is 56.8 Å². The SMILES string of the molecule is CCCCCCOc1cc2nc(N3CCCN(C)CC3)nc(NC3CCN(Cc4ccccc4)CC3)c2cc1OC. The van der Waals surface area contributed by atoms with Crippen LogP contribution in [0, 0.1) is 0 Å². The third-order valence-electron chi connectivity index (χ3n) is 8.40. The molecular formula is C33H48N6O2. The Hall–Kier alpha value is -3.10. The lowest BCUT2D eigenvalue weighted by Gasteiger charge is -2.33. The van der Waals surface area contributed by atoms with Crippen molar-refractivity contribution in [3.8, 4) is 11.5 Å². The van der Waals surface area contributed by atoms with Gasteiger partial charge in [-0.15, -0.1) is 0 Å². The van der Waals surface area contributed by atoms with E-state index in [9.17, 15) is 0 Å². The Kier molecular flexibility index (Phi) is 10.5. The van der Waals surface area contributed by atoms with E-state index in [4.69, 9.17) is 19.4 Å². The second kappa shape index (κ2) is 14.7. The van der Waals surface area contributed by atoms with E-state index in [0.717, 1.165) is 106 Å². The number of piperidine rings is 1. The number of fused-ring (bicyclic) bond motifs is 1. The predicted octanol–water partition coefficient (Wildman–Crippen LogP) is 5.82. The summed E-state index contributed by atoms with van der Waals surface area (Å²) < 4.78 is 12.0. The molecule has 2 aromatic carbocycles. The molecule has 8 nitrogen and oxygen atoms in total. The van der Waals surface area contributed by atoms with Crippen LogP contribution in [0.1, 0.15) is 57.4 Å². The Morgan fingerprint density at radius 3 is 2.51 bits per heavy atom. The minimum absolute atomic E-state index is 0.365. The van der Waals surface area contributed by atoms with Crippen LogP contribution in [0.2, 0.25) is 0 Å². The number of nitrogens with one attached hydrogen (secondary N) is 1. The number of hydrogen-bond donors (Lipinski definition) is 1. The molecule has 5 rings (SSSR count). The lowest BCUT2D eigenvalue weighted by molar-refractivity contribution is 0.211. The number of anilines is 2. The van der Waals surface area contributed by atoms with E-state index in [-0.39, 0.29) is 0 Å². The average molecular weight is 561 g/mol. The summed E-state index contributed by atoms with van der Waals surface area (Å²) in [7, 11) is 3.90. The summed E-state index contributed by atoms with van der Waals surface area (Å²) >= 11 is 0. The van der Waals surface area contributed by atoms with Crippen LogP contribution in [0.25, 0.3) is 10.9 Å². The van der Waals surface area contributed by atoms with Gasteiger partial charge in [-0.05, 0) is 50.9 Å². The topological polar surface area (TPSA) is 66.0 Å². The summed E-state index contributed by atoms with van der Waals surface area (Å²) in [6, 6.07) is 15.2. The molecular weight excluding hydrogens is 512 g/mol. The summed E-state index contributed by atoms with van der Waals surface area (Å²) in [5, 5.41) is 4.83. The molecule has 2 aliphatic rings. The number of rotatable bonds is 12. The normalized spacial score (nSPS) is 17.5. The predicted molar refractivity (Wildman–Crippen MR) is 168 cm³/mol. The van der Waals surface area contributed by atoms with E-state index in [1.807, 2.05) is 0 Å². The molecule has 0 atom stereocenters. The van der Waals surface area contributed by atoms with Crippen molar-refractivity contribution in [2.75, 3.05) is 70.2 Å². The van der Waals surface area contributed by atoms with Crippen molar-refractivity contribution in [2.24, 2.45) is 0 Å². The van der Waals surface area contributed by atoms with Crippen LogP contribution in [0.5, 0.6) is 11.5 Å². The fourth-order valence-corrected chi connectivity index (χ4v) is 5.88. The molecule has 2 saturated heterocycles. The van der Waals surface area contributed by atoms with Gasteiger partial charge in [0.1, 0.15) is 5.82 Å². The number of nitrogens with zero attached hydrogens (tertiary/aromatic N) is 5. The van der Waals surface area contributed by atoms with Gasteiger partial charge >= 0.3 is 0 Å². The van der Waals surface area contributed by atoms with Crippen molar-refractivity contribution in [3.63, 3.8) is 0 Å². The summed E-state index contributed by atoms with van der Waals surface area (Å²) in [5.74, 6) is 3.20. The van der Waals surface area contributed by atoms with E-state index in [1.54, 1.807) is 7.11 Å². The highest BCUT2D eigenvalue weighted by Crippen LogP contribution is 2.36. The highest BCUT2D eigenvalue weighted by molar-refractivity contribution is 5.93. The van der Waals surface area contributed by atoms with E-state index in [0.29, 0.717) is 12.6 Å². The van der Waals surface area contributed by atoms with Crippen LogP contribution >= 0.6 is 0 Å². The Morgan fingerprint density at radius 1 is 0.902 bits per heavy atom. The smallest absolute Gasteiger partial charge is 0.227 e. The zero-order valence-corrected chi connectivity index (χ0v) is 25.3. The van der Waals surface area contributed by atoms with Gasteiger partial charge in [0.25, 0.3) is 0 Å². The summed E-state index contributed by atoms with van der Waals surface area (Å²) in [6.07, 6.45) is 7.94. The first-order valence-corrected chi connectivity index (χ1v) is 15.6. The van der Waals surface area contributed by atoms with Crippen molar-refractivity contribution in [3.05, 3.63) is 48.0 Å². The zero-order valence-electron chi connectivity index (χ0n) is 25.3. The van der Waals surface area contributed by atoms with Crippen molar-refractivity contribution >= 4 is 22.7 Å². The van der Waals surface area contributed by atoms with Crippen LogP contribution < -0.4 is 19.7 Å². The van der Waals surface area contributed by atoms with Gasteiger partial charge in [-0.1, -0.05) is 56.5 Å². The highest BCUT2D eigenvalue weighted by Gasteiger charge is 2.23. The highest BCUT2D eigenvalue weighted by atomic mass is 16.5. The molecule has 0 aliphatic carbocycles. The minimum Gasteiger partial charge on any atom is -0.493 e. The van der Waals surface area contributed by atoms with Crippen LogP contribution in [0.15, 0.2) is 42.5 Å². The monoisotopic (exact) mass is 560 g/mol. The minimum atomic E-state index is 0.365. The molecule has 3 heterocycles. The van der Waals surface area contributed by atoms with Crippen molar-refractivity contribution < 1.29 is 9.47 Å². The maximum atomic E-state index is 6.22. The summed E-state index contributed by atoms with van der Waals surface area (Å²) in [6.45, 7) is 10.1. The number of ether oxygens (including phenoxy) is 2. The first kappa shape index (κ1) is 29.4.